The van der Waals surface area contributed by atoms with Crippen molar-refractivity contribution >= 4 is 23.3 Å². The number of carbonyl (C=O) groups excluding carboxylic acids is 1. The minimum Gasteiger partial charge on any atom is -0.434 e. The maximum Gasteiger partial charge on any atom is 0.387 e. The molecule has 118 valence electrons. The number of hydrogen-bond acceptors (Lipinski definition) is 3. The lowest BCUT2D eigenvalue weighted by Gasteiger charge is -2.12. The van der Waals surface area contributed by atoms with E-state index in [-0.39, 0.29) is 12.3 Å². The third-order valence-electron chi connectivity index (χ3n) is 2.64. The molecule has 9 heteroatoms. The van der Waals surface area contributed by atoms with Crippen LogP contribution in [0.5, 0.6) is 5.75 Å². The second kappa shape index (κ2) is 7.08. The largest absolute Gasteiger partial charge is 0.434 e. The van der Waals surface area contributed by atoms with Gasteiger partial charge in [-0.25, -0.2) is 4.79 Å². The van der Waals surface area contributed by atoms with Gasteiger partial charge in [0.25, 0.3) is 0 Å². The van der Waals surface area contributed by atoms with Crippen LogP contribution in [-0.4, -0.2) is 22.4 Å². The Kier molecular flexibility index (Phi) is 5.16. The quantitative estimate of drug-likeness (QED) is 0.885. The molecule has 2 aromatic rings. The molecule has 0 fully saturated rings. The summed E-state index contributed by atoms with van der Waals surface area (Å²) in [4.78, 5) is 11.7. The van der Waals surface area contributed by atoms with Gasteiger partial charge in [-0.1, -0.05) is 11.6 Å². The first-order valence-corrected chi connectivity index (χ1v) is 6.58. The monoisotopic (exact) mass is 330 g/mol. The van der Waals surface area contributed by atoms with Crippen molar-refractivity contribution in [1.29, 1.82) is 0 Å². The smallest absolute Gasteiger partial charge is 0.387 e. The summed E-state index contributed by atoms with van der Waals surface area (Å²) in [7, 11) is 1.71. The van der Waals surface area contributed by atoms with Gasteiger partial charge in [-0.15, -0.1) is 0 Å². The Balaban J connectivity index is 1.98. The molecule has 2 amide bonds. The van der Waals surface area contributed by atoms with Crippen LogP contribution in [0.25, 0.3) is 0 Å². The molecule has 1 aromatic heterocycles. The van der Waals surface area contributed by atoms with E-state index in [2.05, 4.69) is 20.5 Å². The van der Waals surface area contributed by atoms with Crippen LogP contribution in [0.2, 0.25) is 5.02 Å². The van der Waals surface area contributed by atoms with Gasteiger partial charge in [0, 0.05) is 30.4 Å². The van der Waals surface area contributed by atoms with Crippen LogP contribution >= 0.6 is 11.6 Å². The Morgan fingerprint density at radius 3 is 2.91 bits per heavy atom. The summed E-state index contributed by atoms with van der Waals surface area (Å²) < 4.78 is 30.6. The van der Waals surface area contributed by atoms with Gasteiger partial charge in [0.05, 0.1) is 11.9 Å². The van der Waals surface area contributed by atoms with E-state index >= 15 is 0 Å². The van der Waals surface area contributed by atoms with E-state index in [9.17, 15) is 13.6 Å². The normalized spacial score (nSPS) is 10.6. The number of aryl methyl sites for hydroxylation is 1. The Bertz CT molecular complexity index is 663. The molecule has 1 heterocycles. The lowest BCUT2D eigenvalue weighted by atomic mass is 10.2. The topological polar surface area (TPSA) is 68.2 Å². The molecule has 2 N–H and O–H groups in total. The Morgan fingerprint density at radius 1 is 1.50 bits per heavy atom. The summed E-state index contributed by atoms with van der Waals surface area (Å²) in [6, 6.07) is 3.70. The number of aromatic nitrogens is 2. The maximum atomic E-state index is 12.3. The number of hydrogen-bond donors (Lipinski definition) is 2. The van der Waals surface area contributed by atoms with Gasteiger partial charge >= 0.3 is 12.6 Å². The number of benzene rings is 1. The molecule has 0 aliphatic rings. The maximum absolute atomic E-state index is 12.3. The number of carbonyl (C=O) groups is 1. The summed E-state index contributed by atoms with van der Waals surface area (Å²) in [6.45, 7) is -2.97. The third kappa shape index (κ3) is 4.59. The fourth-order valence-corrected chi connectivity index (χ4v) is 1.93. The van der Waals surface area contributed by atoms with Crippen molar-refractivity contribution in [2.24, 2.45) is 7.05 Å². The Hall–Kier alpha value is -2.35. The lowest BCUT2D eigenvalue weighted by Crippen LogP contribution is -2.28. The summed E-state index contributed by atoms with van der Waals surface area (Å²) in [5.74, 6) is -0.0407. The molecule has 0 atom stereocenters. The van der Waals surface area contributed by atoms with Gasteiger partial charge in [0.1, 0.15) is 5.75 Å². The van der Waals surface area contributed by atoms with Crippen LogP contribution in [0.1, 0.15) is 5.56 Å². The molecule has 22 heavy (non-hydrogen) atoms. The molecule has 0 aliphatic heterocycles. The average molecular weight is 331 g/mol. The van der Waals surface area contributed by atoms with Crippen molar-refractivity contribution in [2.75, 3.05) is 5.32 Å². The fourth-order valence-electron chi connectivity index (χ4n) is 1.73. The average Bonchev–Trinajstić information content (AvgIpc) is 2.84. The number of amides is 2. The number of ether oxygens (including phenoxy) is 1. The number of anilines is 1. The van der Waals surface area contributed by atoms with Crippen molar-refractivity contribution in [3.63, 3.8) is 0 Å². The first kappa shape index (κ1) is 16.0. The third-order valence-corrected chi connectivity index (χ3v) is 2.88. The summed E-state index contributed by atoms with van der Waals surface area (Å²) in [5, 5.41) is 9.33. The summed E-state index contributed by atoms with van der Waals surface area (Å²) >= 11 is 5.82. The zero-order valence-electron chi connectivity index (χ0n) is 11.5. The van der Waals surface area contributed by atoms with Crippen LogP contribution in [0, 0.1) is 0 Å². The van der Waals surface area contributed by atoms with Crippen molar-refractivity contribution in [1.82, 2.24) is 15.1 Å². The highest BCUT2D eigenvalue weighted by Crippen LogP contribution is 2.24. The van der Waals surface area contributed by atoms with E-state index in [1.807, 2.05) is 0 Å². The van der Waals surface area contributed by atoms with Crippen LogP contribution in [0.3, 0.4) is 0 Å². The predicted octanol–water partition coefficient (Wildman–Crippen LogP) is 3.00. The van der Waals surface area contributed by atoms with Crippen LogP contribution in [-0.2, 0) is 13.6 Å². The van der Waals surface area contributed by atoms with E-state index in [4.69, 9.17) is 11.6 Å². The number of urea groups is 1. The number of rotatable bonds is 5. The van der Waals surface area contributed by atoms with E-state index in [0.29, 0.717) is 16.3 Å². The predicted molar refractivity (Wildman–Crippen MR) is 77.2 cm³/mol. The van der Waals surface area contributed by atoms with Gasteiger partial charge in [-0.3, -0.25) is 4.68 Å². The molecular weight excluding hydrogens is 318 g/mol. The van der Waals surface area contributed by atoms with E-state index in [1.165, 1.54) is 29.1 Å². The standard InChI is InChI=1S/C13H13ClF2N4O2/c1-20-7-10(6-18-20)19-13(21)17-5-8-4-9(14)2-3-11(8)22-12(15)16/h2-4,6-7,12H,5H2,1H3,(H2,17,19,21). The van der Waals surface area contributed by atoms with Crippen LogP contribution in [0.15, 0.2) is 30.6 Å². The second-order valence-electron chi connectivity index (χ2n) is 4.34. The van der Waals surface area contributed by atoms with E-state index in [0.717, 1.165) is 0 Å². The molecule has 0 unspecified atom stereocenters. The highest BCUT2D eigenvalue weighted by Gasteiger charge is 2.11. The summed E-state index contributed by atoms with van der Waals surface area (Å²) in [6.07, 6.45) is 3.09. The number of nitrogens with zero attached hydrogens (tertiary/aromatic N) is 2. The van der Waals surface area contributed by atoms with Gasteiger partial charge in [-0.05, 0) is 18.2 Å². The molecule has 0 saturated heterocycles. The Labute approximate surface area is 130 Å². The van der Waals surface area contributed by atoms with Crippen LogP contribution in [0.4, 0.5) is 19.3 Å². The molecule has 2 rings (SSSR count). The zero-order valence-corrected chi connectivity index (χ0v) is 12.3. The molecule has 1 aromatic carbocycles. The molecule has 0 bridgehead atoms. The SMILES string of the molecule is Cn1cc(NC(=O)NCc2cc(Cl)ccc2OC(F)F)cn1. The molecule has 6 nitrogen and oxygen atoms in total. The minimum absolute atomic E-state index is 0.0191. The van der Waals surface area contributed by atoms with Crippen LogP contribution < -0.4 is 15.4 Å². The van der Waals surface area contributed by atoms with Gasteiger partial charge in [-0.2, -0.15) is 13.9 Å². The van der Waals surface area contributed by atoms with Crippen molar-refractivity contribution in [2.45, 2.75) is 13.2 Å². The van der Waals surface area contributed by atoms with Crippen molar-refractivity contribution in [3.05, 3.63) is 41.2 Å². The molecular formula is C13H13ClF2N4O2. The highest BCUT2D eigenvalue weighted by molar-refractivity contribution is 6.30. The number of nitrogens with one attached hydrogen (secondary N) is 2. The molecule has 0 saturated carbocycles. The van der Waals surface area contributed by atoms with Gasteiger partial charge in [0.2, 0.25) is 0 Å². The van der Waals surface area contributed by atoms with E-state index in [1.54, 1.807) is 13.2 Å². The first-order valence-electron chi connectivity index (χ1n) is 6.21. The summed E-state index contributed by atoms with van der Waals surface area (Å²) in [5.41, 5.74) is 0.851. The molecule has 0 aliphatic carbocycles. The Morgan fingerprint density at radius 2 is 2.27 bits per heavy atom. The van der Waals surface area contributed by atoms with E-state index < -0.39 is 12.6 Å². The van der Waals surface area contributed by atoms with Crippen molar-refractivity contribution < 1.29 is 18.3 Å². The zero-order chi connectivity index (χ0) is 16.1. The lowest BCUT2D eigenvalue weighted by molar-refractivity contribution is -0.0504. The van der Waals surface area contributed by atoms with Crippen molar-refractivity contribution in [3.8, 4) is 5.75 Å². The van der Waals surface area contributed by atoms with Gasteiger partial charge in [0.15, 0.2) is 0 Å². The van der Waals surface area contributed by atoms with Gasteiger partial charge < -0.3 is 15.4 Å². The molecule has 0 radical (unpaired) electrons. The molecule has 0 spiro atoms. The minimum atomic E-state index is -2.95. The number of halogens is 3. The first-order chi connectivity index (χ1) is 10.4. The number of alkyl halides is 2. The second-order valence-corrected chi connectivity index (χ2v) is 4.78. The fraction of sp³-hybridized carbons (Fsp3) is 0.231. The highest BCUT2D eigenvalue weighted by atomic mass is 35.5.